The summed E-state index contributed by atoms with van der Waals surface area (Å²) in [5.41, 5.74) is 2.45. The van der Waals surface area contributed by atoms with Crippen LogP contribution in [0.3, 0.4) is 0 Å². The monoisotopic (exact) mass is 903 g/mol. The maximum Gasteiger partial charge on any atom is 0.192 e. The van der Waals surface area contributed by atoms with Crippen LogP contribution in [0.15, 0.2) is 91.0 Å². The van der Waals surface area contributed by atoms with Gasteiger partial charge in [-0.05, 0) is 34.8 Å². The molecule has 0 aliphatic heterocycles. The summed E-state index contributed by atoms with van der Waals surface area (Å²) in [5, 5.41) is 0.211. The van der Waals surface area contributed by atoms with Crippen molar-refractivity contribution in [3.8, 4) is 0 Å². The quantitative estimate of drug-likeness (QED) is 0.0325. The minimum absolute atomic E-state index is 0.211. The predicted molar refractivity (Wildman–Crippen MR) is 247 cm³/mol. The Morgan fingerprint density at radius 3 is 0.730 bits per heavy atom. The third-order valence-corrected chi connectivity index (χ3v) is 14.8. The zero-order chi connectivity index (χ0) is 45.0. The average Bonchev–Trinajstić information content (AvgIpc) is 3.29. The normalized spacial score (nSPS) is 12.3. The summed E-state index contributed by atoms with van der Waals surface area (Å²) in [4.78, 5) is 0. The van der Waals surface area contributed by atoms with Gasteiger partial charge < -0.3 is 61.3 Å². The first-order valence-electron chi connectivity index (χ1n) is 22.6. The van der Waals surface area contributed by atoms with Crippen LogP contribution in [0.5, 0.6) is 0 Å². The fourth-order valence-electron chi connectivity index (χ4n) is 5.90. The van der Waals surface area contributed by atoms with Gasteiger partial charge in [0.05, 0.1) is 159 Å². The van der Waals surface area contributed by atoms with Crippen LogP contribution in [-0.4, -0.2) is 167 Å². The van der Waals surface area contributed by atoms with E-state index in [1.54, 1.807) is 0 Å². The summed E-state index contributed by atoms with van der Waals surface area (Å²) in [6, 6.07) is 31.0. The lowest BCUT2D eigenvalue weighted by molar-refractivity contribution is -0.0399. The van der Waals surface area contributed by atoms with E-state index in [1.165, 1.54) is 0 Å². The van der Waals surface area contributed by atoms with Crippen molar-refractivity contribution < 1.29 is 61.3 Å². The van der Waals surface area contributed by atoms with Gasteiger partial charge in [0.25, 0.3) is 0 Å². The molecule has 0 bridgehead atoms. The SMILES string of the molecule is CC(C)(C)[Si](C)(C)OCCOCCOCCOCCOCCOCCOCCOCCOCCOCCOCCOCCOC(c1ccccc1)(c1ccccc1)c1ccccc1. The Balaban J connectivity index is 1.00. The fraction of sp³-hybridized carbons (Fsp3) is 0.633. The number of rotatable bonds is 41. The van der Waals surface area contributed by atoms with Gasteiger partial charge in [0, 0.05) is 0 Å². The minimum atomic E-state index is -1.71. The predicted octanol–water partition coefficient (Wildman–Crippen LogP) is 7.20. The molecule has 0 heterocycles. The van der Waals surface area contributed by atoms with E-state index >= 15 is 0 Å². The lowest BCUT2D eigenvalue weighted by Gasteiger charge is -2.36. The molecule has 0 amide bonds. The zero-order valence-electron chi connectivity index (χ0n) is 38.9. The van der Waals surface area contributed by atoms with E-state index in [9.17, 15) is 0 Å². The smallest absolute Gasteiger partial charge is 0.192 e. The molecule has 0 radical (unpaired) electrons. The van der Waals surface area contributed by atoms with Gasteiger partial charge in [0.2, 0.25) is 0 Å². The van der Waals surface area contributed by atoms with Crippen molar-refractivity contribution in [1.29, 1.82) is 0 Å². The maximum atomic E-state index is 6.74. The molecule has 14 heteroatoms. The summed E-state index contributed by atoms with van der Waals surface area (Å²) >= 11 is 0. The molecule has 0 fully saturated rings. The van der Waals surface area contributed by atoms with E-state index in [2.05, 4.69) is 70.3 Å². The first-order chi connectivity index (χ1) is 30.8. The van der Waals surface area contributed by atoms with E-state index in [0.29, 0.717) is 159 Å². The van der Waals surface area contributed by atoms with E-state index in [0.717, 1.165) is 16.7 Å². The maximum absolute atomic E-state index is 6.74. The minimum Gasteiger partial charge on any atom is -0.414 e. The van der Waals surface area contributed by atoms with E-state index in [1.807, 2.05) is 54.6 Å². The van der Waals surface area contributed by atoms with Crippen LogP contribution in [-0.2, 0) is 66.9 Å². The van der Waals surface area contributed by atoms with Crippen molar-refractivity contribution in [1.82, 2.24) is 0 Å². The molecule has 0 atom stereocenters. The highest BCUT2D eigenvalue weighted by Crippen LogP contribution is 2.40. The second-order valence-corrected chi connectivity index (χ2v) is 20.8. The van der Waals surface area contributed by atoms with Crippen LogP contribution in [0, 0.1) is 0 Å². The Morgan fingerprint density at radius 2 is 0.508 bits per heavy atom. The van der Waals surface area contributed by atoms with E-state index in [4.69, 9.17) is 61.3 Å². The first-order valence-corrected chi connectivity index (χ1v) is 25.5. The summed E-state index contributed by atoms with van der Waals surface area (Å²) in [6.45, 7) is 23.4. The van der Waals surface area contributed by atoms with Gasteiger partial charge in [-0.1, -0.05) is 112 Å². The molecular formula is C49H78O13Si. The summed E-state index contributed by atoms with van der Waals surface area (Å²) in [7, 11) is -1.71. The van der Waals surface area contributed by atoms with Crippen LogP contribution in [0.25, 0.3) is 0 Å². The zero-order valence-corrected chi connectivity index (χ0v) is 39.9. The molecule has 0 saturated carbocycles. The fourth-order valence-corrected chi connectivity index (χ4v) is 6.92. The Hall–Kier alpha value is -2.64. The molecule has 3 aromatic carbocycles. The van der Waals surface area contributed by atoms with E-state index in [-0.39, 0.29) is 5.04 Å². The van der Waals surface area contributed by atoms with Gasteiger partial charge in [-0.15, -0.1) is 0 Å². The number of hydrogen-bond acceptors (Lipinski definition) is 13. The molecule has 0 spiro atoms. The van der Waals surface area contributed by atoms with Crippen molar-refractivity contribution >= 4 is 8.32 Å². The van der Waals surface area contributed by atoms with Gasteiger partial charge >= 0.3 is 0 Å². The molecule has 3 aromatic rings. The molecular weight excluding hydrogens is 825 g/mol. The molecule has 63 heavy (non-hydrogen) atoms. The third-order valence-electron chi connectivity index (χ3n) is 10.3. The van der Waals surface area contributed by atoms with Gasteiger partial charge in [-0.2, -0.15) is 0 Å². The molecule has 356 valence electrons. The molecule has 0 aliphatic rings. The Labute approximate surface area is 379 Å². The largest absolute Gasteiger partial charge is 0.414 e. The van der Waals surface area contributed by atoms with Crippen LogP contribution in [0.1, 0.15) is 37.5 Å². The summed E-state index contributed by atoms with van der Waals surface area (Å²) in [5.74, 6) is 0. The summed E-state index contributed by atoms with van der Waals surface area (Å²) in [6.07, 6.45) is 0. The number of ether oxygens (including phenoxy) is 12. The average molecular weight is 903 g/mol. The van der Waals surface area contributed by atoms with Gasteiger partial charge in [0.15, 0.2) is 8.32 Å². The van der Waals surface area contributed by atoms with Crippen molar-refractivity contribution in [3.05, 3.63) is 108 Å². The molecule has 0 aromatic heterocycles. The van der Waals surface area contributed by atoms with E-state index < -0.39 is 13.9 Å². The van der Waals surface area contributed by atoms with Gasteiger partial charge in [0.1, 0.15) is 5.60 Å². The molecule has 0 saturated heterocycles. The van der Waals surface area contributed by atoms with Crippen molar-refractivity contribution in [2.45, 2.75) is 44.5 Å². The van der Waals surface area contributed by atoms with Gasteiger partial charge in [-0.25, -0.2) is 0 Å². The van der Waals surface area contributed by atoms with Gasteiger partial charge in [-0.3, -0.25) is 0 Å². The van der Waals surface area contributed by atoms with Crippen LogP contribution < -0.4 is 0 Å². The molecule has 0 aliphatic carbocycles. The van der Waals surface area contributed by atoms with Crippen LogP contribution in [0.2, 0.25) is 18.1 Å². The third kappa shape index (κ3) is 23.9. The molecule has 0 unspecified atom stereocenters. The lowest BCUT2D eigenvalue weighted by atomic mass is 9.80. The highest BCUT2D eigenvalue weighted by molar-refractivity contribution is 6.74. The lowest BCUT2D eigenvalue weighted by Crippen LogP contribution is -2.41. The van der Waals surface area contributed by atoms with Crippen molar-refractivity contribution in [3.63, 3.8) is 0 Å². The van der Waals surface area contributed by atoms with Crippen molar-refractivity contribution in [2.75, 3.05) is 159 Å². The van der Waals surface area contributed by atoms with Crippen LogP contribution in [0.4, 0.5) is 0 Å². The number of hydrogen-bond donors (Lipinski definition) is 0. The molecule has 13 nitrogen and oxygen atoms in total. The Morgan fingerprint density at radius 1 is 0.302 bits per heavy atom. The highest BCUT2D eigenvalue weighted by Gasteiger charge is 2.38. The highest BCUT2D eigenvalue weighted by atomic mass is 28.4. The Bertz CT molecular complexity index is 1370. The van der Waals surface area contributed by atoms with Crippen LogP contribution >= 0.6 is 0 Å². The summed E-state index contributed by atoms with van der Waals surface area (Å²) < 4.78 is 74.4. The molecule has 3 rings (SSSR count). The standard InChI is InChI=1S/C49H78O13Si/c1-48(2,3)63(4,5)62-44-42-60-40-38-58-36-34-56-32-30-54-28-26-52-24-22-50-21-23-51-25-27-53-29-31-55-33-35-57-37-39-59-41-43-61-49(45-15-9-6-10-16-45,46-17-11-7-12-18-46)47-19-13-8-14-20-47/h6-20H,21-44H2,1-5H3. The topological polar surface area (TPSA) is 120 Å². The number of benzene rings is 3. The second-order valence-electron chi connectivity index (χ2n) is 16.0. The first kappa shape index (κ1) is 54.7. The Kier molecular flexibility index (Phi) is 30.1. The molecule has 0 N–H and O–H groups in total. The van der Waals surface area contributed by atoms with Crippen molar-refractivity contribution in [2.24, 2.45) is 0 Å². The second kappa shape index (κ2) is 34.7.